The molecule has 0 saturated carbocycles. The number of carbonyl (C=O) groups is 2. The Kier molecular flexibility index (Phi) is 8.94. The first kappa shape index (κ1) is 20.2. The lowest BCUT2D eigenvalue weighted by atomic mass is 9.97. The van der Waals surface area contributed by atoms with E-state index in [0.29, 0.717) is 26.1 Å². The van der Waals surface area contributed by atoms with E-state index < -0.39 is 0 Å². The number of ether oxygens (including phenoxy) is 1. The first-order chi connectivity index (χ1) is 12.7. The smallest absolute Gasteiger partial charge is 0.307 e. The quantitative estimate of drug-likeness (QED) is 0.463. The molecule has 0 bridgehead atoms. The van der Waals surface area contributed by atoms with Gasteiger partial charge in [0.25, 0.3) is 0 Å². The lowest BCUT2D eigenvalue weighted by Crippen LogP contribution is -2.34. The van der Waals surface area contributed by atoms with E-state index in [9.17, 15) is 9.59 Å². The summed E-state index contributed by atoms with van der Waals surface area (Å²) in [6.45, 7) is 3.32. The molecule has 0 radical (unpaired) electrons. The second kappa shape index (κ2) is 11.5. The number of rotatable bonds is 10. The fraction of sp³-hybridized carbons (Fsp3) is 0.545. The maximum absolute atomic E-state index is 12.7. The Bertz CT molecular complexity index is 595. The van der Waals surface area contributed by atoms with Crippen molar-refractivity contribution in [2.75, 3.05) is 19.7 Å². The number of nitrogens with zero attached hydrogens (tertiary/aromatic N) is 1. The average Bonchev–Trinajstić information content (AvgIpc) is 2.68. The number of hydrogen-bond acceptors (Lipinski definition) is 3. The van der Waals surface area contributed by atoms with E-state index in [1.165, 1.54) is 24.0 Å². The molecule has 0 saturated heterocycles. The summed E-state index contributed by atoms with van der Waals surface area (Å²) in [6.07, 6.45) is 9.53. The molecule has 4 heteroatoms. The lowest BCUT2D eigenvalue weighted by molar-refractivity contribution is -0.144. The highest BCUT2D eigenvalue weighted by Crippen LogP contribution is 2.20. The standard InChI is InChI=1S/C22H31NO3/c1-2-26-22(25)16-18-23(17-15-20-11-7-4-8-12-20)21(24)14-13-19-9-5-3-6-10-19/h3,5-6,9-11H,2,4,7-8,12-18H2,1H3. The van der Waals surface area contributed by atoms with Gasteiger partial charge in [0.2, 0.25) is 5.91 Å². The van der Waals surface area contributed by atoms with E-state index in [1.54, 1.807) is 6.92 Å². The SMILES string of the molecule is CCOC(=O)CCN(CCC1=CCCCC1)C(=O)CCc1ccccc1. The monoisotopic (exact) mass is 357 g/mol. The predicted octanol–water partition coefficient (Wildman–Crippen LogP) is 4.29. The minimum absolute atomic E-state index is 0.120. The van der Waals surface area contributed by atoms with Gasteiger partial charge in [0.05, 0.1) is 13.0 Å². The molecule has 26 heavy (non-hydrogen) atoms. The van der Waals surface area contributed by atoms with Crippen molar-refractivity contribution in [3.8, 4) is 0 Å². The highest BCUT2D eigenvalue weighted by Gasteiger charge is 2.16. The van der Waals surface area contributed by atoms with E-state index >= 15 is 0 Å². The highest BCUT2D eigenvalue weighted by molar-refractivity contribution is 5.77. The average molecular weight is 357 g/mol. The molecule has 142 valence electrons. The molecule has 0 unspecified atom stereocenters. The minimum Gasteiger partial charge on any atom is -0.466 e. The molecule has 0 heterocycles. The van der Waals surface area contributed by atoms with E-state index in [2.05, 4.69) is 6.08 Å². The van der Waals surface area contributed by atoms with Crippen LogP contribution in [0.4, 0.5) is 0 Å². The summed E-state index contributed by atoms with van der Waals surface area (Å²) in [5, 5.41) is 0. The molecule has 0 fully saturated rings. The molecule has 0 N–H and O–H groups in total. The van der Waals surface area contributed by atoms with Crippen LogP contribution in [0.5, 0.6) is 0 Å². The summed E-state index contributed by atoms with van der Waals surface area (Å²) in [5.74, 6) is -0.111. The fourth-order valence-corrected chi connectivity index (χ4v) is 3.28. The van der Waals surface area contributed by atoms with Gasteiger partial charge in [-0.1, -0.05) is 42.0 Å². The van der Waals surface area contributed by atoms with Gasteiger partial charge in [-0.2, -0.15) is 0 Å². The predicted molar refractivity (Wildman–Crippen MR) is 104 cm³/mol. The minimum atomic E-state index is -0.231. The Balaban J connectivity index is 1.88. The van der Waals surface area contributed by atoms with Gasteiger partial charge in [0.1, 0.15) is 0 Å². The number of esters is 1. The van der Waals surface area contributed by atoms with E-state index in [1.807, 2.05) is 35.2 Å². The lowest BCUT2D eigenvalue weighted by Gasteiger charge is -2.24. The summed E-state index contributed by atoms with van der Waals surface area (Å²) in [4.78, 5) is 26.2. The molecular formula is C22H31NO3. The molecule has 1 aromatic rings. The summed E-state index contributed by atoms with van der Waals surface area (Å²) in [7, 11) is 0. The normalized spacial score (nSPS) is 13.8. The van der Waals surface area contributed by atoms with E-state index in [4.69, 9.17) is 4.74 Å². The Morgan fingerprint density at radius 3 is 2.54 bits per heavy atom. The first-order valence-corrected chi connectivity index (χ1v) is 9.84. The number of carbonyl (C=O) groups excluding carboxylic acids is 2. The van der Waals surface area contributed by atoms with Crippen LogP contribution in [0.1, 0.15) is 57.4 Å². The van der Waals surface area contributed by atoms with Gasteiger partial charge in [-0.25, -0.2) is 0 Å². The van der Waals surface area contributed by atoms with Crippen molar-refractivity contribution in [3.63, 3.8) is 0 Å². The van der Waals surface area contributed by atoms with E-state index in [-0.39, 0.29) is 18.3 Å². The molecular weight excluding hydrogens is 326 g/mol. The number of hydrogen-bond donors (Lipinski definition) is 0. The third kappa shape index (κ3) is 7.42. The van der Waals surface area contributed by atoms with Gasteiger partial charge in [-0.15, -0.1) is 0 Å². The zero-order chi connectivity index (χ0) is 18.6. The van der Waals surface area contributed by atoms with Crippen LogP contribution in [0, 0.1) is 0 Å². The molecule has 0 aromatic heterocycles. The Hall–Kier alpha value is -2.10. The number of amides is 1. The van der Waals surface area contributed by atoms with Gasteiger partial charge in [-0.3, -0.25) is 9.59 Å². The van der Waals surface area contributed by atoms with Crippen molar-refractivity contribution in [2.24, 2.45) is 0 Å². The Morgan fingerprint density at radius 1 is 1.04 bits per heavy atom. The summed E-state index contributed by atoms with van der Waals surface area (Å²) >= 11 is 0. The van der Waals surface area contributed by atoms with Crippen LogP contribution in [0.3, 0.4) is 0 Å². The van der Waals surface area contributed by atoms with Crippen molar-refractivity contribution in [1.82, 2.24) is 4.90 Å². The maximum Gasteiger partial charge on any atom is 0.307 e. The van der Waals surface area contributed by atoms with Crippen molar-refractivity contribution >= 4 is 11.9 Å². The molecule has 0 atom stereocenters. The largest absolute Gasteiger partial charge is 0.466 e. The topological polar surface area (TPSA) is 46.6 Å². The van der Waals surface area contributed by atoms with Crippen molar-refractivity contribution in [3.05, 3.63) is 47.5 Å². The third-order valence-electron chi connectivity index (χ3n) is 4.80. The summed E-state index contributed by atoms with van der Waals surface area (Å²) < 4.78 is 5.01. The fourth-order valence-electron chi connectivity index (χ4n) is 3.28. The number of aryl methyl sites for hydroxylation is 1. The maximum atomic E-state index is 12.7. The van der Waals surface area contributed by atoms with Crippen LogP contribution in [-0.4, -0.2) is 36.5 Å². The van der Waals surface area contributed by atoms with Gasteiger partial charge < -0.3 is 9.64 Å². The second-order valence-electron chi connectivity index (χ2n) is 6.78. The van der Waals surface area contributed by atoms with Gasteiger partial charge in [0, 0.05) is 19.5 Å². The second-order valence-corrected chi connectivity index (χ2v) is 6.78. The van der Waals surface area contributed by atoms with Gasteiger partial charge in [0.15, 0.2) is 0 Å². The Morgan fingerprint density at radius 2 is 1.85 bits per heavy atom. The van der Waals surface area contributed by atoms with Crippen molar-refractivity contribution < 1.29 is 14.3 Å². The Labute approximate surface area is 157 Å². The molecule has 1 amide bonds. The molecule has 1 aromatic carbocycles. The van der Waals surface area contributed by atoms with Gasteiger partial charge >= 0.3 is 5.97 Å². The molecule has 0 aliphatic heterocycles. The number of allylic oxidation sites excluding steroid dienone is 1. The molecule has 0 spiro atoms. The van der Waals surface area contributed by atoms with Crippen LogP contribution < -0.4 is 0 Å². The highest BCUT2D eigenvalue weighted by atomic mass is 16.5. The molecule has 1 aliphatic rings. The van der Waals surface area contributed by atoms with Crippen LogP contribution in [0.2, 0.25) is 0 Å². The zero-order valence-corrected chi connectivity index (χ0v) is 15.9. The van der Waals surface area contributed by atoms with Crippen molar-refractivity contribution in [2.45, 2.75) is 58.3 Å². The number of benzene rings is 1. The van der Waals surface area contributed by atoms with Crippen molar-refractivity contribution in [1.29, 1.82) is 0 Å². The van der Waals surface area contributed by atoms with Crippen LogP contribution in [0.25, 0.3) is 0 Å². The summed E-state index contributed by atoms with van der Waals surface area (Å²) in [5.41, 5.74) is 2.62. The summed E-state index contributed by atoms with van der Waals surface area (Å²) in [6, 6.07) is 10.1. The third-order valence-corrected chi connectivity index (χ3v) is 4.80. The van der Waals surface area contributed by atoms with Crippen LogP contribution in [0.15, 0.2) is 42.0 Å². The molecule has 1 aliphatic carbocycles. The van der Waals surface area contributed by atoms with E-state index in [0.717, 1.165) is 25.7 Å². The van der Waals surface area contributed by atoms with Crippen LogP contribution >= 0.6 is 0 Å². The molecule has 2 rings (SSSR count). The van der Waals surface area contributed by atoms with Gasteiger partial charge in [-0.05, 0) is 51.0 Å². The van der Waals surface area contributed by atoms with Crippen LogP contribution in [-0.2, 0) is 20.7 Å². The first-order valence-electron chi connectivity index (χ1n) is 9.84. The zero-order valence-electron chi connectivity index (χ0n) is 15.9. The molecule has 4 nitrogen and oxygen atoms in total.